The summed E-state index contributed by atoms with van der Waals surface area (Å²) >= 11 is 6.73. The summed E-state index contributed by atoms with van der Waals surface area (Å²) in [6.07, 6.45) is 5.69. The lowest BCUT2D eigenvalue weighted by molar-refractivity contribution is -0.119. The quantitative estimate of drug-likeness (QED) is 0.326. The fraction of sp³-hybridized carbons (Fsp3) is 0.526. The first-order valence-corrected chi connectivity index (χ1v) is 10.6. The monoisotopic (exact) mass is 424 g/mol. The molecule has 1 aromatic rings. The van der Waals surface area contributed by atoms with E-state index in [1.54, 1.807) is 18.2 Å². The maximum absolute atomic E-state index is 13.9. The molecule has 0 spiro atoms. The Kier molecular flexibility index (Phi) is 6.57. The van der Waals surface area contributed by atoms with Crippen molar-refractivity contribution in [3.8, 4) is 0 Å². The number of hydrogen-bond donors (Lipinski definition) is 2. The van der Waals surface area contributed by atoms with Gasteiger partial charge in [-0.2, -0.15) is 10.2 Å². The van der Waals surface area contributed by atoms with Crippen LogP contribution in [0.2, 0.25) is 0 Å². The number of hydroxylamine groups is 2. The van der Waals surface area contributed by atoms with Crippen LogP contribution in [0.5, 0.6) is 0 Å². The molecule has 1 atom stereocenters. The Morgan fingerprint density at radius 1 is 1.39 bits per heavy atom. The highest BCUT2D eigenvalue weighted by Crippen LogP contribution is 2.42. The number of thioether (sulfide) groups is 1. The van der Waals surface area contributed by atoms with E-state index in [2.05, 4.69) is 10.4 Å². The summed E-state index contributed by atoms with van der Waals surface area (Å²) in [6.45, 7) is 3.76. The largest absolute Gasteiger partial charge is 0.343 e. The zero-order valence-corrected chi connectivity index (χ0v) is 17.6. The lowest BCUT2D eigenvalue weighted by Crippen LogP contribution is -2.57. The first kappa shape index (κ1) is 21.0. The van der Waals surface area contributed by atoms with Crippen molar-refractivity contribution < 1.29 is 14.4 Å². The second-order valence-electron chi connectivity index (χ2n) is 7.58. The Morgan fingerprint density at radius 2 is 2.07 bits per heavy atom. The van der Waals surface area contributed by atoms with Gasteiger partial charge < -0.3 is 5.32 Å². The molecule has 1 aliphatic carbocycles. The Labute approximate surface area is 174 Å². The third-order valence-corrected chi connectivity index (χ3v) is 6.53. The van der Waals surface area contributed by atoms with E-state index in [0.29, 0.717) is 14.9 Å². The number of rotatable bonds is 4. The van der Waals surface area contributed by atoms with Crippen LogP contribution in [0.4, 0.5) is 9.18 Å². The van der Waals surface area contributed by atoms with Gasteiger partial charge in [0.1, 0.15) is 5.82 Å². The van der Waals surface area contributed by atoms with Crippen molar-refractivity contribution >= 4 is 40.5 Å². The highest BCUT2D eigenvalue weighted by atomic mass is 32.2. The molecule has 2 aliphatic rings. The fourth-order valence-corrected chi connectivity index (χ4v) is 5.32. The maximum atomic E-state index is 13.9. The molecule has 9 heteroatoms. The van der Waals surface area contributed by atoms with Crippen LogP contribution in [0.3, 0.4) is 0 Å². The van der Waals surface area contributed by atoms with Crippen LogP contribution >= 0.6 is 24.0 Å². The Hall–Kier alpha value is -1.71. The number of nitrogens with one attached hydrogen (secondary N) is 1. The molecule has 0 bridgehead atoms. The second-order valence-corrected chi connectivity index (χ2v) is 9.87. The van der Waals surface area contributed by atoms with E-state index in [4.69, 9.17) is 12.2 Å². The number of hydrogen-bond acceptors (Lipinski definition) is 5. The van der Waals surface area contributed by atoms with Crippen molar-refractivity contribution in [2.75, 3.05) is 0 Å². The van der Waals surface area contributed by atoms with Gasteiger partial charge in [0.15, 0.2) is 10.5 Å². The number of hydrazone groups is 1. The highest BCUT2D eigenvalue weighted by Gasteiger charge is 2.50. The van der Waals surface area contributed by atoms with Crippen LogP contribution in [0.25, 0.3) is 0 Å². The normalized spacial score (nSPS) is 22.6. The van der Waals surface area contributed by atoms with Crippen molar-refractivity contribution in [1.82, 2.24) is 15.4 Å². The molecule has 1 saturated carbocycles. The van der Waals surface area contributed by atoms with Gasteiger partial charge in [0, 0.05) is 11.6 Å². The van der Waals surface area contributed by atoms with Crippen molar-refractivity contribution in [2.24, 2.45) is 5.10 Å². The zero-order valence-electron chi connectivity index (χ0n) is 16.0. The lowest BCUT2D eigenvalue weighted by atomic mass is 9.96. The molecule has 28 heavy (non-hydrogen) atoms. The summed E-state index contributed by atoms with van der Waals surface area (Å²) < 4.78 is 13.7. The van der Waals surface area contributed by atoms with Crippen molar-refractivity contribution in [3.05, 3.63) is 35.6 Å². The molecular formula is C19H25FN4O2S2. The summed E-state index contributed by atoms with van der Waals surface area (Å²) in [4.78, 5) is 12.6. The van der Waals surface area contributed by atoms with Crippen molar-refractivity contribution in [1.29, 1.82) is 0 Å². The predicted octanol–water partition coefficient (Wildman–Crippen LogP) is 4.33. The summed E-state index contributed by atoms with van der Waals surface area (Å²) in [6, 6.07) is 5.74. The smallest absolute Gasteiger partial charge is 0.333 e. The average molecular weight is 425 g/mol. The van der Waals surface area contributed by atoms with Gasteiger partial charge in [-0.25, -0.2) is 14.2 Å². The molecule has 0 radical (unpaired) electrons. The number of amides is 2. The van der Waals surface area contributed by atoms with Crippen LogP contribution < -0.4 is 5.32 Å². The van der Waals surface area contributed by atoms with E-state index in [1.807, 2.05) is 13.8 Å². The standard InChI is InChI=1S/C19H25FN4O2S2/c1-19(2)16(24(26)17(25)22-14-9-4-3-5-10-14)23(18(27)28-19)21-12-13-8-6-7-11-15(13)20/h6-8,11-12,14,16,26H,3-5,9-10H2,1-2H3,(H,22,25)/b21-12+. The number of benzene rings is 1. The van der Waals surface area contributed by atoms with Gasteiger partial charge in [0.2, 0.25) is 0 Å². The first-order valence-electron chi connectivity index (χ1n) is 9.39. The second kappa shape index (κ2) is 8.75. The molecule has 2 amide bonds. The maximum Gasteiger partial charge on any atom is 0.343 e. The fourth-order valence-electron chi connectivity index (χ4n) is 3.53. The van der Waals surface area contributed by atoms with Crippen molar-refractivity contribution in [3.63, 3.8) is 0 Å². The van der Waals surface area contributed by atoms with E-state index < -0.39 is 22.8 Å². The van der Waals surface area contributed by atoms with Crippen LogP contribution in [0.15, 0.2) is 29.4 Å². The molecule has 0 aromatic heterocycles. The Bertz CT molecular complexity index is 768. The molecule has 2 fully saturated rings. The molecular weight excluding hydrogens is 399 g/mol. The third-order valence-electron chi connectivity index (χ3n) is 4.99. The van der Waals surface area contributed by atoms with Gasteiger partial charge in [-0.3, -0.25) is 5.21 Å². The van der Waals surface area contributed by atoms with Gasteiger partial charge in [-0.1, -0.05) is 61.4 Å². The predicted molar refractivity (Wildman–Crippen MR) is 113 cm³/mol. The molecule has 2 N–H and O–H groups in total. The molecule has 1 unspecified atom stereocenters. The number of carbonyl (C=O) groups is 1. The SMILES string of the molecule is CC1(C)SC(=S)N(/N=C/c2ccccc2F)C1N(O)C(=O)NC1CCCCC1. The van der Waals surface area contributed by atoms with Crippen LogP contribution in [-0.4, -0.2) is 48.8 Å². The Balaban J connectivity index is 1.77. The number of nitrogens with zero attached hydrogens (tertiary/aromatic N) is 3. The van der Waals surface area contributed by atoms with E-state index >= 15 is 0 Å². The topological polar surface area (TPSA) is 68.2 Å². The first-order chi connectivity index (χ1) is 13.3. The molecule has 152 valence electrons. The molecule has 1 heterocycles. The molecule has 1 aromatic carbocycles. The summed E-state index contributed by atoms with van der Waals surface area (Å²) in [7, 11) is 0. The summed E-state index contributed by atoms with van der Waals surface area (Å²) in [5.41, 5.74) is 0.301. The van der Waals surface area contributed by atoms with Gasteiger partial charge in [-0.15, -0.1) is 0 Å². The minimum atomic E-state index is -0.809. The van der Waals surface area contributed by atoms with Gasteiger partial charge in [0.05, 0.1) is 11.0 Å². The number of urea groups is 1. The van der Waals surface area contributed by atoms with Gasteiger partial charge in [-0.05, 0) is 32.8 Å². The minimum Gasteiger partial charge on any atom is -0.333 e. The number of carbonyl (C=O) groups excluding carboxylic acids is 1. The van der Waals surface area contributed by atoms with E-state index in [1.165, 1.54) is 35.5 Å². The van der Waals surface area contributed by atoms with Crippen LogP contribution in [0, 0.1) is 5.82 Å². The van der Waals surface area contributed by atoms with Crippen molar-refractivity contribution in [2.45, 2.75) is 62.9 Å². The third kappa shape index (κ3) is 4.64. The highest BCUT2D eigenvalue weighted by molar-refractivity contribution is 8.24. The lowest BCUT2D eigenvalue weighted by Gasteiger charge is -2.35. The van der Waals surface area contributed by atoms with Crippen LogP contribution in [-0.2, 0) is 0 Å². The van der Waals surface area contributed by atoms with Crippen LogP contribution in [0.1, 0.15) is 51.5 Å². The molecule has 1 aliphatic heterocycles. The molecule has 3 rings (SSSR count). The average Bonchev–Trinajstić information content (AvgIpc) is 2.89. The van der Waals surface area contributed by atoms with Gasteiger partial charge in [0.25, 0.3) is 0 Å². The van der Waals surface area contributed by atoms with E-state index in [-0.39, 0.29) is 6.04 Å². The summed E-state index contributed by atoms with van der Waals surface area (Å²) in [5, 5.41) is 19.9. The molecule has 6 nitrogen and oxygen atoms in total. The zero-order chi connectivity index (χ0) is 20.3. The number of halogens is 1. The van der Waals surface area contributed by atoms with E-state index in [9.17, 15) is 14.4 Å². The molecule has 1 saturated heterocycles. The van der Waals surface area contributed by atoms with E-state index in [0.717, 1.165) is 25.7 Å². The van der Waals surface area contributed by atoms with Gasteiger partial charge >= 0.3 is 6.03 Å². The number of thiocarbonyl (C=S) groups is 1. The summed E-state index contributed by atoms with van der Waals surface area (Å²) in [5.74, 6) is -0.407. The Morgan fingerprint density at radius 3 is 2.75 bits per heavy atom. The minimum absolute atomic E-state index is 0.0652.